The highest BCUT2D eigenvalue weighted by atomic mass is 16.7. The van der Waals surface area contributed by atoms with Gasteiger partial charge >= 0.3 is 17.9 Å². The minimum absolute atomic E-state index is 0.179. The van der Waals surface area contributed by atoms with Gasteiger partial charge in [-0.05, 0) is 103 Å². The van der Waals surface area contributed by atoms with Crippen LogP contribution in [0.5, 0.6) is 0 Å². The van der Waals surface area contributed by atoms with Crippen molar-refractivity contribution in [3.63, 3.8) is 0 Å². The number of carboxylic acid groups (broad SMARTS) is 1. The molecular formula is C94H166NO8+. The molecule has 2 atom stereocenters. The van der Waals surface area contributed by atoms with Crippen LogP contribution in [-0.2, 0) is 33.3 Å². The van der Waals surface area contributed by atoms with Gasteiger partial charge in [0.05, 0.1) is 34.4 Å². The van der Waals surface area contributed by atoms with Crippen LogP contribution in [0.3, 0.4) is 0 Å². The summed E-state index contributed by atoms with van der Waals surface area (Å²) < 4.78 is 23.1. The Kier molecular flexibility index (Phi) is 79.8. The van der Waals surface area contributed by atoms with Gasteiger partial charge in [0.1, 0.15) is 13.2 Å². The van der Waals surface area contributed by atoms with Crippen molar-refractivity contribution in [3.8, 4) is 0 Å². The molecule has 0 rings (SSSR count). The number of hydrogen-bond donors (Lipinski definition) is 1. The van der Waals surface area contributed by atoms with Crippen molar-refractivity contribution in [2.45, 2.75) is 411 Å². The number of quaternary nitrogens is 1. The van der Waals surface area contributed by atoms with E-state index in [1.807, 2.05) is 21.1 Å². The molecule has 0 aliphatic carbocycles. The molecule has 0 aliphatic rings. The summed E-state index contributed by atoms with van der Waals surface area (Å²) in [7, 11) is 6.00. The third-order valence-electron chi connectivity index (χ3n) is 19.2. The summed E-state index contributed by atoms with van der Waals surface area (Å²) in [5.74, 6) is -1.98. The highest BCUT2D eigenvalue weighted by molar-refractivity contribution is 5.71. The van der Waals surface area contributed by atoms with Crippen molar-refractivity contribution in [1.29, 1.82) is 0 Å². The maximum atomic E-state index is 13.0. The number of hydrogen-bond acceptors (Lipinski definition) is 7. The molecule has 0 spiro atoms. The van der Waals surface area contributed by atoms with Gasteiger partial charge in [-0.3, -0.25) is 9.59 Å². The second kappa shape index (κ2) is 83.3. The Hall–Kier alpha value is -4.31. The Morgan fingerprint density at radius 1 is 0.291 bits per heavy atom. The molecule has 2 unspecified atom stereocenters. The van der Waals surface area contributed by atoms with E-state index in [-0.39, 0.29) is 38.2 Å². The molecule has 9 nitrogen and oxygen atoms in total. The number of allylic oxidation sites excluding steroid dienone is 20. The second-order valence-electron chi connectivity index (χ2n) is 30.4. The standard InChI is InChI=1S/C94H165NO8/c1-6-8-10-12-14-16-18-20-22-24-26-28-30-32-34-36-38-40-42-44-46-48-50-52-54-56-58-60-62-64-66-68-70-72-74-76-78-80-82-84-91(96)101-88-90(89-102-94(93(98)99)100-87-86-95(3,4)5)103-92(97)85-83-81-79-77-75-73-71-69-67-65-63-61-59-57-55-53-51-49-47-45-43-41-39-37-35-33-31-29-27-25-23-21-19-17-15-13-11-9-7-2/h8-11,14-17,20-23,26-29,32-35,90,94H,6-7,12-13,18-19,24-25,30-31,36-89H2,1-5H3/p+1/b10-8-,11-9-,16-14-,17-15-,22-20-,23-21-,28-26-,29-27-,34-32-,35-33-. The number of carbonyl (C=O) groups excluding carboxylic acids is 2. The zero-order chi connectivity index (χ0) is 74.6. The van der Waals surface area contributed by atoms with Crippen LogP contribution in [0, 0.1) is 0 Å². The first-order valence-electron chi connectivity index (χ1n) is 43.7. The molecule has 103 heavy (non-hydrogen) atoms. The Labute approximate surface area is 637 Å². The SMILES string of the molecule is CC/C=C\C/C=C\C/C=C\C/C=C\C/C=C\CCCCCCCCCCCCCCCCCCCCCCCCCC(=O)OCC(COC(OCC[N+](C)(C)C)C(=O)O)OC(=O)CCCCCCCCCCCCCCCCCCCCCCCCC/C=C\C/C=C\C/C=C\C/C=C\C/C=C\CC. The van der Waals surface area contributed by atoms with Crippen LogP contribution in [0.4, 0.5) is 0 Å². The van der Waals surface area contributed by atoms with Crippen LogP contribution < -0.4 is 0 Å². The van der Waals surface area contributed by atoms with Gasteiger partial charge in [-0.25, -0.2) is 4.79 Å². The average Bonchev–Trinajstić information content (AvgIpc) is 1.06. The summed E-state index contributed by atoms with van der Waals surface area (Å²) in [6, 6.07) is 0. The van der Waals surface area contributed by atoms with Gasteiger partial charge in [-0.15, -0.1) is 0 Å². The zero-order valence-corrected chi connectivity index (χ0v) is 68.2. The molecule has 0 saturated carbocycles. The quantitative estimate of drug-likeness (QED) is 0.0211. The van der Waals surface area contributed by atoms with Gasteiger partial charge in [0.25, 0.3) is 6.29 Å². The summed E-state index contributed by atoms with van der Waals surface area (Å²) in [5, 5.41) is 9.79. The second-order valence-corrected chi connectivity index (χ2v) is 30.4. The Balaban J connectivity index is 3.93. The number of unbranched alkanes of at least 4 members (excludes halogenated alkanes) is 46. The summed E-state index contributed by atoms with van der Waals surface area (Å²) in [5.41, 5.74) is 0. The predicted molar refractivity (Wildman–Crippen MR) is 447 cm³/mol. The molecule has 0 saturated heterocycles. The minimum Gasteiger partial charge on any atom is -0.477 e. The lowest BCUT2D eigenvalue weighted by molar-refractivity contribution is -0.870. The highest BCUT2D eigenvalue weighted by Crippen LogP contribution is 2.20. The fourth-order valence-electron chi connectivity index (χ4n) is 12.7. The van der Waals surface area contributed by atoms with Crippen molar-refractivity contribution in [3.05, 3.63) is 122 Å². The number of esters is 2. The molecule has 9 heteroatoms. The van der Waals surface area contributed by atoms with E-state index in [4.69, 9.17) is 18.9 Å². The molecule has 1 N–H and O–H groups in total. The van der Waals surface area contributed by atoms with E-state index in [2.05, 4.69) is 135 Å². The number of rotatable bonds is 81. The van der Waals surface area contributed by atoms with Crippen molar-refractivity contribution in [2.75, 3.05) is 47.5 Å². The summed E-state index contributed by atoms with van der Waals surface area (Å²) >= 11 is 0. The molecule has 0 amide bonds. The maximum absolute atomic E-state index is 13.0. The maximum Gasteiger partial charge on any atom is 0.361 e. The molecular weight excluding hydrogens is 1270 g/mol. The molecule has 0 fully saturated rings. The number of aliphatic carboxylic acids is 1. The lowest BCUT2D eigenvalue weighted by atomic mass is 10.0. The minimum atomic E-state index is -1.51. The van der Waals surface area contributed by atoms with Gasteiger partial charge in [0.2, 0.25) is 0 Å². The summed E-state index contributed by atoms with van der Waals surface area (Å²) in [6.45, 7) is 4.70. The highest BCUT2D eigenvalue weighted by Gasteiger charge is 2.25. The summed E-state index contributed by atoms with van der Waals surface area (Å²) in [4.78, 5) is 37.8. The Bertz CT molecular complexity index is 2120. The van der Waals surface area contributed by atoms with Gasteiger partial charge in [-0.2, -0.15) is 0 Å². The number of likely N-dealkylation sites (N-methyl/N-ethyl adjacent to an activating group) is 1. The number of carboxylic acids is 1. The summed E-state index contributed by atoms with van der Waals surface area (Å²) in [6.07, 6.45) is 117. The molecule has 0 aromatic carbocycles. The molecule has 0 aromatic rings. The first-order valence-corrected chi connectivity index (χ1v) is 43.7. The monoisotopic (exact) mass is 1440 g/mol. The van der Waals surface area contributed by atoms with E-state index >= 15 is 0 Å². The Morgan fingerprint density at radius 3 is 0.777 bits per heavy atom. The van der Waals surface area contributed by atoms with Crippen LogP contribution in [0.1, 0.15) is 399 Å². The third-order valence-corrected chi connectivity index (χ3v) is 19.2. The topological polar surface area (TPSA) is 108 Å². The Morgan fingerprint density at radius 2 is 0.524 bits per heavy atom. The first kappa shape index (κ1) is 98.7. The average molecular weight is 1440 g/mol. The van der Waals surface area contributed by atoms with E-state index in [0.29, 0.717) is 17.4 Å². The molecule has 0 bridgehead atoms. The number of nitrogens with zero attached hydrogens (tertiary/aromatic N) is 1. The van der Waals surface area contributed by atoms with Gasteiger partial charge in [0, 0.05) is 12.8 Å². The van der Waals surface area contributed by atoms with E-state index < -0.39 is 18.4 Å². The van der Waals surface area contributed by atoms with Crippen LogP contribution in [0.2, 0.25) is 0 Å². The van der Waals surface area contributed by atoms with Crippen LogP contribution in [0.25, 0.3) is 0 Å². The molecule has 0 heterocycles. The lowest BCUT2D eigenvalue weighted by Crippen LogP contribution is -2.40. The van der Waals surface area contributed by atoms with Gasteiger partial charge < -0.3 is 28.5 Å². The molecule has 0 radical (unpaired) electrons. The number of ether oxygens (including phenoxy) is 4. The van der Waals surface area contributed by atoms with E-state index in [1.165, 1.54) is 270 Å². The fourth-order valence-corrected chi connectivity index (χ4v) is 12.7. The van der Waals surface area contributed by atoms with Crippen LogP contribution in [0.15, 0.2) is 122 Å². The van der Waals surface area contributed by atoms with Crippen molar-refractivity contribution in [1.82, 2.24) is 0 Å². The zero-order valence-electron chi connectivity index (χ0n) is 68.2. The predicted octanol–water partition coefficient (Wildman–Crippen LogP) is 28.6. The molecule has 0 aromatic heterocycles. The van der Waals surface area contributed by atoms with Crippen molar-refractivity contribution in [2.24, 2.45) is 0 Å². The van der Waals surface area contributed by atoms with E-state index in [0.717, 1.165) is 103 Å². The van der Waals surface area contributed by atoms with Crippen molar-refractivity contribution < 1.29 is 42.9 Å². The number of carbonyl (C=O) groups is 3. The molecule has 594 valence electrons. The third kappa shape index (κ3) is 84.8. The van der Waals surface area contributed by atoms with Crippen LogP contribution >= 0.6 is 0 Å². The van der Waals surface area contributed by atoms with Crippen LogP contribution in [-0.4, -0.2) is 87.4 Å². The van der Waals surface area contributed by atoms with Gasteiger partial charge in [-0.1, -0.05) is 405 Å². The smallest absolute Gasteiger partial charge is 0.361 e. The first-order chi connectivity index (χ1) is 50.6. The normalized spacial score (nSPS) is 13.2. The largest absolute Gasteiger partial charge is 0.477 e. The van der Waals surface area contributed by atoms with E-state index in [9.17, 15) is 19.5 Å². The van der Waals surface area contributed by atoms with Gasteiger partial charge in [0.15, 0.2) is 6.10 Å². The lowest BCUT2D eigenvalue weighted by Gasteiger charge is -2.25. The van der Waals surface area contributed by atoms with E-state index in [1.54, 1.807) is 0 Å². The molecule has 0 aliphatic heterocycles. The fraction of sp³-hybridized carbons (Fsp3) is 0.755. The van der Waals surface area contributed by atoms with Crippen molar-refractivity contribution >= 4 is 17.9 Å².